The van der Waals surface area contributed by atoms with E-state index in [0.717, 1.165) is 0 Å². The first-order chi connectivity index (χ1) is 7.07. The zero-order chi connectivity index (χ0) is 9.50. The fourth-order valence-electron chi connectivity index (χ4n) is 15.8. The topological polar surface area (TPSA) is 0 Å². The third kappa shape index (κ3) is 0.0499. The van der Waals surface area contributed by atoms with Crippen molar-refractivity contribution in [3.63, 3.8) is 0 Å². The Bertz CT molecular complexity index is 656. The SMILES string of the molecule is C=CC=C.[CH]12[CH]3[CH]4[CH]5[CH]1[Fe]23451678[CH]2[CH]1[CH]6[CH]7[CH]28. The fraction of sp³-hybridized carbons (Fsp3) is 0.714. The van der Waals surface area contributed by atoms with Gasteiger partial charge in [0, 0.05) is 0 Å². The molecule has 1 heteroatoms. The van der Waals surface area contributed by atoms with Crippen LogP contribution in [-0.4, -0.2) is 0 Å². The molecule has 10 rings (SSSR count). The quantitative estimate of drug-likeness (QED) is 0.459. The number of rotatable bonds is 1. The van der Waals surface area contributed by atoms with E-state index in [1.807, 2.05) is 0 Å². The summed E-state index contributed by atoms with van der Waals surface area (Å²) in [5.41, 5.74) is 0. The van der Waals surface area contributed by atoms with E-state index in [1.165, 1.54) is 0 Å². The number of allylic oxidation sites excluding steroid dienone is 2. The molecule has 0 unspecified atom stereocenters. The van der Waals surface area contributed by atoms with Crippen molar-refractivity contribution < 1.29 is 6.51 Å². The van der Waals surface area contributed by atoms with Gasteiger partial charge in [0.1, 0.15) is 0 Å². The van der Waals surface area contributed by atoms with E-state index >= 15 is 0 Å². The van der Waals surface area contributed by atoms with Crippen molar-refractivity contribution in [2.24, 2.45) is 0 Å². The third-order valence-corrected chi connectivity index (χ3v) is 56.6. The Morgan fingerprint density at radius 1 is 0.533 bits per heavy atom. The monoisotopic (exact) mass is 240 g/mol. The van der Waals surface area contributed by atoms with Crippen molar-refractivity contribution in [1.29, 1.82) is 0 Å². The Morgan fingerprint density at radius 3 is 0.733 bits per heavy atom. The van der Waals surface area contributed by atoms with Gasteiger partial charge in [0.15, 0.2) is 0 Å². The molecule has 0 saturated carbocycles. The van der Waals surface area contributed by atoms with E-state index in [-0.39, 0.29) is 0 Å². The summed E-state index contributed by atoms with van der Waals surface area (Å²) in [6, 6.07) is 0. The normalized spacial score (nSPS) is 127. The van der Waals surface area contributed by atoms with Gasteiger partial charge in [-0.05, 0) is 0 Å². The van der Waals surface area contributed by atoms with Crippen molar-refractivity contribution in [3.8, 4) is 0 Å². The molecule has 0 atom stereocenters. The van der Waals surface area contributed by atoms with Crippen molar-refractivity contribution in [2.75, 3.05) is 0 Å². The van der Waals surface area contributed by atoms with Crippen LogP contribution >= 0.6 is 0 Å². The van der Waals surface area contributed by atoms with Crippen LogP contribution in [0.3, 0.4) is 0 Å². The van der Waals surface area contributed by atoms with E-state index in [9.17, 15) is 0 Å². The predicted molar refractivity (Wildman–Crippen MR) is 57.9 cm³/mol. The molecule has 10 heterocycles. The van der Waals surface area contributed by atoms with Crippen molar-refractivity contribution in [3.05, 3.63) is 25.3 Å². The van der Waals surface area contributed by atoms with Crippen LogP contribution in [-0.2, 0) is 6.51 Å². The van der Waals surface area contributed by atoms with Crippen LogP contribution in [0.4, 0.5) is 0 Å². The van der Waals surface area contributed by atoms with E-state index in [2.05, 4.69) is 13.2 Å². The molecule has 0 radical (unpaired) electrons. The van der Waals surface area contributed by atoms with Crippen molar-refractivity contribution in [2.45, 2.75) is 48.2 Å². The molecule has 10 aliphatic rings. The fourth-order valence-corrected chi connectivity index (χ4v) is 88.0. The molecule has 0 aromatic rings. The van der Waals surface area contributed by atoms with Gasteiger partial charge in [0.05, 0.1) is 0 Å². The average molecular weight is 240 g/mol. The Labute approximate surface area is 80.1 Å². The summed E-state index contributed by atoms with van der Waals surface area (Å²) in [6.45, 7) is 4.44. The molecule has 0 N–H and O–H groups in total. The van der Waals surface area contributed by atoms with Crippen molar-refractivity contribution >= 4 is 0 Å². The van der Waals surface area contributed by atoms with Crippen molar-refractivity contribution in [1.82, 2.24) is 0 Å². The minimum atomic E-state index is -2.28. The Hall–Kier alpha value is -0.000519. The van der Waals surface area contributed by atoms with E-state index in [4.69, 9.17) is 0 Å². The Morgan fingerprint density at radius 2 is 0.733 bits per heavy atom. The van der Waals surface area contributed by atoms with Gasteiger partial charge in [-0.1, -0.05) is 25.3 Å². The molecule has 0 aromatic heterocycles. The van der Waals surface area contributed by atoms with Crippen LogP contribution in [0.1, 0.15) is 0 Å². The summed E-state index contributed by atoms with van der Waals surface area (Å²) in [7, 11) is 0. The van der Waals surface area contributed by atoms with Crippen LogP contribution in [0.25, 0.3) is 0 Å². The van der Waals surface area contributed by atoms with Gasteiger partial charge in [-0.2, -0.15) is 0 Å². The molecule has 10 saturated heterocycles. The van der Waals surface area contributed by atoms with Crippen LogP contribution < -0.4 is 0 Å². The van der Waals surface area contributed by atoms with Gasteiger partial charge in [-0.3, -0.25) is 0 Å². The first-order valence-electron chi connectivity index (χ1n) is 6.52. The molecule has 0 aliphatic carbocycles. The average Bonchev–Trinajstić information content (AvgIpc) is 3.18. The second-order valence-electron chi connectivity index (χ2n) is 10.1. The van der Waals surface area contributed by atoms with Gasteiger partial charge >= 0.3 is 54.7 Å². The molecule has 0 amide bonds. The molecule has 80 valence electrons. The molecular formula is C14H16Fe. The van der Waals surface area contributed by atoms with Crippen LogP contribution in [0.15, 0.2) is 25.3 Å². The summed E-state index contributed by atoms with van der Waals surface area (Å²) in [5.74, 6) is 0. The summed E-state index contributed by atoms with van der Waals surface area (Å²) in [6.07, 6.45) is 3.28. The summed E-state index contributed by atoms with van der Waals surface area (Å²) >= 11 is 0. The van der Waals surface area contributed by atoms with E-state index in [0.29, 0.717) is 0 Å². The van der Waals surface area contributed by atoms with Gasteiger partial charge in [-0.25, -0.2) is 0 Å². The summed E-state index contributed by atoms with van der Waals surface area (Å²) < 4.78 is 0. The molecule has 10 fully saturated rings. The zero-order valence-corrected chi connectivity index (χ0v) is 9.80. The van der Waals surface area contributed by atoms with Gasteiger partial charge in [0.2, 0.25) is 0 Å². The number of fused-ring (bicyclic) bond motifs is 10. The number of hydrogen-bond acceptors (Lipinski definition) is 0. The van der Waals surface area contributed by atoms with E-state index in [1.54, 1.807) is 60.3 Å². The third-order valence-electron chi connectivity index (χ3n) is 14.7. The Kier molecular flexibility index (Phi) is 0.148. The van der Waals surface area contributed by atoms with Crippen LogP contribution in [0, 0.1) is 0 Å². The second-order valence-corrected chi connectivity index (χ2v) is 34.0. The standard InChI is InChI=1S/2C5H5.C4H6.Fe/c2*1-2-4-5-3-1;1-3-4-2;/h2*1-5H;3-4H,1-2H2;. The van der Waals surface area contributed by atoms with Gasteiger partial charge in [0.25, 0.3) is 0 Å². The van der Waals surface area contributed by atoms with Gasteiger partial charge in [-0.15, -0.1) is 0 Å². The van der Waals surface area contributed by atoms with Crippen LogP contribution in [0.2, 0.25) is 48.2 Å². The van der Waals surface area contributed by atoms with Crippen LogP contribution in [0.5, 0.6) is 0 Å². The maximum absolute atomic E-state index is 3.36. The molecule has 0 aromatic carbocycles. The molecule has 0 nitrogen and oxygen atoms in total. The number of hydrogen-bond donors (Lipinski definition) is 0. The molecule has 15 heavy (non-hydrogen) atoms. The van der Waals surface area contributed by atoms with Gasteiger partial charge < -0.3 is 0 Å². The first-order valence-corrected chi connectivity index (χ1v) is 12.9. The minimum absolute atomic E-state index is 1.59. The Balaban J connectivity index is 0.000000121. The predicted octanol–water partition coefficient (Wildman–Crippen LogP) is 4.73. The second kappa shape index (κ2) is 0.399. The first kappa shape index (κ1) is 5.56. The molecule has 1 spiro atoms. The summed E-state index contributed by atoms with van der Waals surface area (Å²) in [4.78, 5) is 15.9. The molecule has 0 bridgehead atoms. The molecular weight excluding hydrogens is 224 g/mol. The summed E-state index contributed by atoms with van der Waals surface area (Å²) in [5, 5.41) is 0. The molecule has 10 aliphatic heterocycles. The van der Waals surface area contributed by atoms with E-state index < -0.39 is 6.51 Å². The maximum atomic E-state index is 3.36. The zero-order valence-electron chi connectivity index (χ0n) is 8.70.